The van der Waals surface area contributed by atoms with Crippen LogP contribution in [0, 0.1) is 0 Å². The van der Waals surface area contributed by atoms with Gasteiger partial charge < -0.3 is 10.1 Å². The monoisotopic (exact) mass is 419 g/mol. The van der Waals surface area contributed by atoms with Gasteiger partial charge in [-0.3, -0.25) is 4.79 Å². The second kappa shape index (κ2) is 10.3. The van der Waals surface area contributed by atoms with Crippen LogP contribution in [-0.4, -0.2) is 18.0 Å². The minimum Gasteiger partial charge on any atom is -0.449 e. The summed E-state index contributed by atoms with van der Waals surface area (Å²) in [7, 11) is 0. The number of para-hydroxylation sites is 1. The second-order valence-electron chi connectivity index (χ2n) is 6.23. The maximum Gasteiger partial charge on any atom is 0.331 e. The number of carbonyl (C=O) groups excluding carboxylic acids is 2. The number of nitrogens with one attached hydrogen (secondary N) is 1. The summed E-state index contributed by atoms with van der Waals surface area (Å²) in [6.45, 7) is 5.59. The summed E-state index contributed by atoms with van der Waals surface area (Å²) in [5.41, 5.74) is 3.51. The molecule has 0 aliphatic rings. The first kappa shape index (κ1) is 22.0. The van der Waals surface area contributed by atoms with Crippen LogP contribution in [0.15, 0.2) is 42.5 Å². The molecule has 6 heteroatoms. The number of esters is 1. The van der Waals surface area contributed by atoms with Crippen LogP contribution in [0.2, 0.25) is 10.0 Å². The van der Waals surface area contributed by atoms with Crippen molar-refractivity contribution in [2.45, 2.75) is 39.7 Å². The number of benzene rings is 2. The Labute approximate surface area is 175 Å². The molecule has 4 nitrogen and oxygen atoms in total. The van der Waals surface area contributed by atoms with Gasteiger partial charge in [-0.25, -0.2) is 4.79 Å². The maximum atomic E-state index is 12.5. The molecule has 0 bridgehead atoms. The van der Waals surface area contributed by atoms with Gasteiger partial charge in [0.1, 0.15) is 0 Å². The normalized spacial score (nSPS) is 12.0. The third-order valence-electron chi connectivity index (χ3n) is 4.27. The zero-order valence-corrected chi connectivity index (χ0v) is 17.6. The number of hydrogen-bond acceptors (Lipinski definition) is 3. The van der Waals surface area contributed by atoms with E-state index in [1.54, 1.807) is 18.2 Å². The van der Waals surface area contributed by atoms with E-state index in [2.05, 4.69) is 5.32 Å². The average molecular weight is 420 g/mol. The van der Waals surface area contributed by atoms with Crippen LogP contribution in [0.5, 0.6) is 0 Å². The number of carbonyl (C=O) groups is 2. The molecule has 0 spiro atoms. The zero-order valence-electron chi connectivity index (χ0n) is 16.1. The van der Waals surface area contributed by atoms with Gasteiger partial charge >= 0.3 is 5.97 Å². The Bertz CT molecular complexity index is 871. The average Bonchev–Trinajstić information content (AvgIpc) is 2.67. The van der Waals surface area contributed by atoms with Crippen LogP contribution in [0.3, 0.4) is 0 Å². The number of rotatable bonds is 7. The van der Waals surface area contributed by atoms with Crippen molar-refractivity contribution in [2.24, 2.45) is 0 Å². The predicted octanol–water partition coefficient (Wildman–Crippen LogP) is 5.70. The molecule has 1 amide bonds. The van der Waals surface area contributed by atoms with E-state index in [0.717, 1.165) is 29.7 Å². The van der Waals surface area contributed by atoms with Gasteiger partial charge in [-0.15, -0.1) is 0 Å². The number of hydrogen-bond donors (Lipinski definition) is 1. The molecule has 0 aliphatic carbocycles. The molecule has 2 aromatic rings. The van der Waals surface area contributed by atoms with Crippen molar-refractivity contribution in [2.75, 3.05) is 5.32 Å². The van der Waals surface area contributed by atoms with Crippen molar-refractivity contribution in [3.8, 4) is 0 Å². The third kappa shape index (κ3) is 5.85. The van der Waals surface area contributed by atoms with E-state index in [0.29, 0.717) is 15.6 Å². The molecule has 0 heterocycles. The van der Waals surface area contributed by atoms with Crippen LogP contribution in [0.25, 0.3) is 6.08 Å². The standard InChI is InChI=1S/C22H23Cl2NO3/c1-4-15-7-6-8-16(5-2)21(15)25-22(27)14(3)28-20(26)12-10-17-9-11-18(23)13-19(17)24/h6-14H,4-5H2,1-3H3,(H,25,27)/b12-10+/t14-/m1/s1. The molecule has 0 aliphatic heterocycles. The van der Waals surface area contributed by atoms with E-state index in [1.807, 2.05) is 32.0 Å². The van der Waals surface area contributed by atoms with Crippen molar-refractivity contribution in [3.05, 3.63) is 69.2 Å². The summed E-state index contributed by atoms with van der Waals surface area (Å²) in [4.78, 5) is 24.6. The molecule has 28 heavy (non-hydrogen) atoms. The lowest BCUT2D eigenvalue weighted by molar-refractivity contribution is -0.148. The molecular weight excluding hydrogens is 397 g/mol. The Balaban J connectivity index is 2.02. The summed E-state index contributed by atoms with van der Waals surface area (Å²) in [5, 5.41) is 3.83. The molecule has 0 radical (unpaired) electrons. The first-order valence-electron chi connectivity index (χ1n) is 9.11. The molecule has 2 rings (SSSR count). The van der Waals surface area contributed by atoms with Gasteiger partial charge in [0.15, 0.2) is 6.10 Å². The Kier molecular flexibility index (Phi) is 8.09. The van der Waals surface area contributed by atoms with Gasteiger partial charge in [-0.1, -0.05) is 61.3 Å². The number of ether oxygens (including phenoxy) is 1. The van der Waals surface area contributed by atoms with Gasteiger partial charge in [0, 0.05) is 21.8 Å². The van der Waals surface area contributed by atoms with Gasteiger partial charge in [0.05, 0.1) is 0 Å². The predicted molar refractivity (Wildman–Crippen MR) is 115 cm³/mol. The number of aryl methyl sites for hydroxylation is 2. The molecule has 1 atom stereocenters. The smallest absolute Gasteiger partial charge is 0.331 e. The van der Waals surface area contributed by atoms with Crippen LogP contribution in [0.1, 0.15) is 37.5 Å². The topological polar surface area (TPSA) is 55.4 Å². The molecule has 0 aromatic heterocycles. The van der Waals surface area contributed by atoms with Gasteiger partial charge in [0.25, 0.3) is 5.91 Å². The Hall–Kier alpha value is -2.30. The summed E-state index contributed by atoms with van der Waals surface area (Å²) in [6, 6.07) is 10.9. The van der Waals surface area contributed by atoms with E-state index in [4.69, 9.17) is 27.9 Å². The zero-order chi connectivity index (χ0) is 20.7. The van der Waals surface area contributed by atoms with Crippen molar-refractivity contribution in [1.82, 2.24) is 0 Å². The van der Waals surface area contributed by atoms with E-state index in [-0.39, 0.29) is 5.91 Å². The van der Waals surface area contributed by atoms with E-state index in [9.17, 15) is 9.59 Å². The molecule has 2 aromatic carbocycles. The van der Waals surface area contributed by atoms with Crippen molar-refractivity contribution >= 4 is 46.8 Å². The lowest BCUT2D eigenvalue weighted by Gasteiger charge is -2.17. The van der Waals surface area contributed by atoms with Gasteiger partial charge in [0.2, 0.25) is 0 Å². The SMILES string of the molecule is CCc1cccc(CC)c1NC(=O)[C@@H](C)OC(=O)/C=C/c1ccc(Cl)cc1Cl. The highest BCUT2D eigenvalue weighted by molar-refractivity contribution is 6.35. The molecule has 0 saturated heterocycles. The van der Waals surface area contributed by atoms with Crippen molar-refractivity contribution in [3.63, 3.8) is 0 Å². The quantitative estimate of drug-likeness (QED) is 0.462. The molecule has 148 valence electrons. The fraction of sp³-hybridized carbons (Fsp3) is 0.273. The van der Waals surface area contributed by atoms with E-state index >= 15 is 0 Å². The third-order valence-corrected chi connectivity index (χ3v) is 4.83. The summed E-state index contributed by atoms with van der Waals surface area (Å²) < 4.78 is 5.21. The van der Waals surface area contributed by atoms with Crippen LogP contribution in [-0.2, 0) is 27.2 Å². The Morgan fingerprint density at radius 1 is 1.11 bits per heavy atom. The summed E-state index contributed by atoms with van der Waals surface area (Å²) in [6.07, 6.45) is 3.40. The van der Waals surface area contributed by atoms with Crippen LogP contribution in [0.4, 0.5) is 5.69 Å². The largest absolute Gasteiger partial charge is 0.449 e. The number of amides is 1. The molecule has 0 fully saturated rings. The number of anilines is 1. The summed E-state index contributed by atoms with van der Waals surface area (Å²) >= 11 is 11.9. The lowest BCUT2D eigenvalue weighted by Crippen LogP contribution is -2.30. The molecular formula is C22H23Cl2NO3. The van der Waals surface area contributed by atoms with Crippen molar-refractivity contribution in [1.29, 1.82) is 0 Å². The summed E-state index contributed by atoms with van der Waals surface area (Å²) in [5.74, 6) is -1.00. The highest BCUT2D eigenvalue weighted by Crippen LogP contribution is 2.23. The molecule has 1 N–H and O–H groups in total. The van der Waals surface area contributed by atoms with Crippen molar-refractivity contribution < 1.29 is 14.3 Å². The van der Waals surface area contributed by atoms with E-state index in [1.165, 1.54) is 19.1 Å². The van der Waals surface area contributed by atoms with Crippen LogP contribution >= 0.6 is 23.2 Å². The highest BCUT2D eigenvalue weighted by Gasteiger charge is 2.19. The fourth-order valence-corrected chi connectivity index (χ4v) is 3.16. The first-order valence-corrected chi connectivity index (χ1v) is 9.86. The fourth-order valence-electron chi connectivity index (χ4n) is 2.69. The minimum atomic E-state index is -0.938. The lowest BCUT2D eigenvalue weighted by atomic mass is 10.0. The van der Waals surface area contributed by atoms with E-state index < -0.39 is 12.1 Å². The Morgan fingerprint density at radius 2 is 1.75 bits per heavy atom. The minimum absolute atomic E-state index is 0.373. The van der Waals surface area contributed by atoms with Crippen LogP contribution < -0.4 is 5.32 Å². The highest BCUT2D eigenvalue weighted by atomic mass is 35.5. The van der Waals surface area contributed by atoms with Gasteiger partial charge in [-0.2, -0.15) is 0 Å². The second-order valence-corrected chi connectivity index (χ2v) is 7.07. The maximum absolute atomic E-state index is 12.5. The Morgan fingerprint density at radius 3 is 2.32 bits per heavy atom. The van der Waals surface area contributed by atoms with Gasteiger partial charge in [-0.05, 0) is 54.7 Å². The molecule has 0 unspecified atom stereocenters. The number of halogens is 2. The first-order chi connectivity index (χ1) is 13.3. The molecule has 0 saturated carbocycles.